The van der Waals surface area contributed by atoms with E-state index in [-0.39, 0.29) is 13.8 Å². The molecule has 113 valence electrons. The van der Waals surface area contributed by atoms with Gasteiger partial charge in [-0.2, -0.15) is 0 Å². The first-order valence-corrected chi connectivity index (χ1v) is 7.74. The summed E-state index contributed by atoms with van der Waals surface area (Å²) in [6.45, 7) is 0.638. The van der Waals surface area contributed by atoms with Crippen molar-refractivity contribution in [2.45, 2.75) is 11.8 Å². The fourth-order valence-corrected chi connectivity index (χ4v) is 3.32. The van der Waals surface area contributed by atoms with Crippen molar-refractivity contribution in [1.29, 1.82) is 0 Å². The highest BCUT2D eigenvalue weighted by molar-refractivity contribution is 5.75. The first-order valence-electron chi connectivity index (χ1n) is 7.74. The molecule has 3 radical (unpaired) electrons. The summed E-state index contributed by atoms with van der Waals surface area (Å²) >= 11 is 0. The number of rotatable bonds is 5. The molecule has 0 heterocycles. The van der Waals surface area contributed by atoms with E-state index in [0.29, 0.717) is 6.54 Å². The lowest BCUT2D eigenvalue weighted by Crippen LogP contribution is -2.32. The molecule has 0 fully saturated rings. The van der Waals surface area contributed by atoms with Gasteiger partial charge in [-0.25, -0.2) is 0 Å². The van der Waals surface area contributed by atoms with E-state index in [1.165, 1.54) is 16.7 Å². The second-order valence-corrected chi connectivity index (χ2v) is 5.54. The Kier molecular flexibility index (Phi) is 5.78. The van der Waals surface area contributed by atoms with Gasteiger partial charge in [-0.05, 0) is 29.7 Å². The lowest BCUT2D eigenvalue weighted by atomic mass is 9.67. The van der Waals surface area contributed by atoms with Crippen molar-refractivity contribution in [3.63, 3.8) is 0 Å². The van der Waals surface area contributed by atoms with Gasteiger partial charge in [0.15, 0.2) is 0 Å². The van der Waals surface area contributed by atoms with E-state index in [1.54, 1.807) is 0 Å². The molecule has 0 aromatic heterocycles. The van der Waals surface area contributed by atoms with E-state index >= 15 is 0 Å². The predicted octanol–water partition coefficient (Wildman–Crippen LogP) is 3.99. The molecule has 23 heavy (non-hydrogen) atoms. The van der Waals surface area contributed by atoms with Crippen molar-refractivity contribution < 1.29 is 0 Å². The van der Waals surface area contributed by atoms with Crippen molar-refractivity contribution in [2.75, 3.05) is 6.54 Å². The lowest BCUT2D eigenvalue weighted by Gasteiger charge is -2.36. The SMILES string of the molecule is NCCC(c1ccccc1)(c1ccccc1)c1ccccc1.[B]. The fourth-order valence-electron chi connectivity index (χ4n) is 3.32. The third kappa shape index (κ3) is 3.23. The van der Waals surface area contributed by atoms with Crippen LogP contribution in [0.25, 0.3) is 0 Å². The van der Waals surface area contributed by atoms with Gasteiger partial charge in [0.1, 0.15) is 0 Å². The molecule has 0 unspecified atom stereocenters. The normalized spacial score (nSPS) is 10.8. The minimum absolute atomic E-state index is 0. The molecule has 3 aromatic rings. The third-order valence-corrected chi connectivity index (χ3v) is 4.32. The maximum absolute atomic E-state index is 6.03. The Morgan fingerprint density at radius 3 is 1.13 bits per heavy atom. The Morgan fingerprint density at radius 2 is 0.870 bits per heavy atom. The van der Waals surface area contributed by atoms with Crippen molar-refractivity contribution >= 4 is 8.41 Å². The summed E-state index contributed by atoms with van der Waals surface area (Å²) in [5, 5.41) is 0. The Hall–Kier alpha value is -2.32. The van der Waals surface area contributed by atoms with Crippen molar-refractivity contribution in [3.05, 3.63) is 108 Å². The number of hydrogen-bond acceptors (Lipinski definition) is 1. The molecule has 3 rings (SSSR count). The molecule has 0 aliphatic rings. The average molecular weight is 298 g/mol. The van der Waals surface area contributed by atoms with Crippen LogP contribution in [-0.2, 0) is 5.41 Å². The predicted molar refractivity (Wildman–Crippen MR) is 98.6 cm³/mol. The minimum Gasteiger partial charge on any atom is -0.330 e. The highest BCUT2D eigenvalue weighted by Gasteiger charge is 2.35. The Labute approximate surface area is 140 Å². The van der Waals surface area contributed by atoms with Gasteiger partial charge < -0.3 is 5.73 Å². The van der Waals surface area contributed by atoms with Crippen LogP contribution in [-0.4, -0.2) is 15.0 Å². The quantitative estimate of drug-likeness (QED) is 0.559. The Bertz CT molecular complexity index is 599. The Balaban J connectivity index is 0.00000192. The minimum atomic E-state index is -0.196. The molecule has 0 saturated carbocycles. The average Bonchev–Trinajstić information content (AvgIpc) is 2.62. The van der Waals surface area contributed by atoms with Gasteiger partial charge in [0.2, 0.25) is 0 Å². The van der Waals surface area contributed by atoms with E-state index in [1.807, 2.05) is 0 Å². The molecule has 0 aliphatic carbocycles. The van der Waals surface area contributed by atoms with Crippen LogP contribution in [0.3, 0.4) is 0 Å². The van der Waals surface area contributed by atoms with Crippen LogP contribution in [0.5, 0.6) is 0 Å². The van der Waals surface area contributed by atoms with Gasteiger partial charge in [-0.3, -0.25) is 0 Å². The zero-order valence-corrected chi connectivity index (χ0v) is 13.2. The van der Waals surface area contributed by atoms with Crippen LogP contribution < -0.4 is 5.73 Å². The zero-order chi connectivity index (χ0) is 15.3. The summed E-state index contributed by atoms with van der Waals surface area (Å²) in [4.78, 5) is 0. The number of nitrogens with two attached hydrogens (primary N) is 1. The first kappa shape index (κ1) is 17.0. The van der Waals surface area contributed by atoms with Gasteiger partial charge in [0.05, 0.1) is 0 Å². The number of benzene rings is 3. The molecule has 0 atom stereocenters. The van der Waals surface area contributed by atoms with Gasteiger partial charge in [0, 0.05) is 13.8 Å². The standard InChI is InChI=1S/C21H21N.B/c22-17-16-21(18-10-4-1-5-11-18,19-12-6-2-7-13-19)20-14-8-3-9-15-20;/h1-15H,16-17,22H2;. The maximum atomic E-state index is 6.03. The molecule has 3 aromatic carbocycles. The summed E-state index contributed by atoms with van der Waals surface area (Å²) in [6, 6.07) is 32.0. The van der Waals surface area contributed by atoms with E-state index in [9.17, 15) is 0 Å². The summed E-state index contributed by atoms with van der Waals surface area (Å²) < 4.78 is 0. The number of hydrogen-bond donors (Lipinski definition) is 1. The van der Waals surface area contributed by atoms with Gasteiger partial charge in [-0.1, -0.05) is 91.0 Å². The first-order chi connectivity index (χ1) is 10.9. The lowest BCUT2D eigenvalue weighted by molar-refractivity contribution is 0.568. The van der Waals surface area contributed by atoms with Crippen LogP contribution >= 0.6 is 0 Å². The third-order valence-electron chi connectivity index (χ3n) is 4.32. The highest BCUT2D eigenvalue weighted by atomic mass is 14.5. The molecule has 0 aliphatic heterocycles. The van der Waals surface area contributed by atoms with Crippen LogP contribution in [0.1, 0.15) is 23.1 Å². The molecule has 0 bridgehead atoms. The molecule has 0 amide bonds. The Morgan fingerprint density at radius 1 is 0.565 bits per heavy atom. The van der Waals surface area contributed by atoms with Crippen molar-refractivity contribution in [3.8, 4) is 0 Å². The molecule has 2 N–H and O–H groups in total. The molecule has 1 nitrogen and oxygen atoms in total. The summed E-state index contributed by atoms with van der Waals surface area (Å²) in [5.41, 5.74) is 9.70. The van der Waals surface area contributed by atoms with Crippen molar-refractivity contribution in [1.82, 2.24) is 0 Å². The molecule has 0 spiro atoms. The second kappa shape index (κ2) is 7.80. The van der Waals surface area contributed by atoms with Gasteiger partial charge in [-0.15, -0.1) is 0 Å². The van der Waals surface area contributed by atoms with Crippen LogP contribution in [0.4, 0.5) is 0 Å². The van der Waals surface area contributed by atoms with E-state index in [2.05, 4.69) is 91.0 Å². The van der Waals surface area contributed by atoms with Crippen LogP contribution in [0.2, 0.25) is 0 Å². The molecule has 0 saturated heterocycles. The van der Waals surface area contributed by atoms with Gasteiger partial charge >= 0.3 is 0 Å². The monoisotopic (exact) mass is 298 g/mol. The smallest absolute Gasteiger partial charge is 0.0463 e. The second-order valence-electron chi connectivity index (χ2n) is 5.54. The van der Waals surface area contributed by atoms with E-state index in [0.717, 1.165) is 6.42 Å². The van der Waals surface area contributed by atoms with Crippen LogP contribution in [0.15, 0.2) is 91.0 Å². The largest absolute Gasteiger partial charge is 0.330 e. The summed E-state index contributed by atoms with van der Waals surface area (Å²) in [7, 11) is 0. The van der Waals surface area contributed by atoms with Crippen LogP contribution in [0, 0.1) is 0 Å². The van der Waals surface area contributed by atoms with E-state index in [4.69, 9.17) is 5.73 Å². The fraction of sp³-hybridized carbons (Fsp3) is 0.143. The van der Waals surface area contributed by atoms with Crippen molar-refractivity contribution in [2.24, 2.45) is 5.73 Å². The maximum Gasteiger partial charge on any atom is 0.0463 e. The topological polar surface area (TPSA) is 26.0 Å². The van der Waals surface area contributed by atoms with Gasteiger partial charge in [0.25, 0.3) is 0 Å². The zero-order valence-electron chi connectivity index (χ0n) is 13.2. The van der Waals surface area contributed by atoms with E-state index < -0.39 is 0 Å². The molecular weight excluding hydrogens is 277 g/mol. The molecular formula is C21H21BN. The summed E-state index contributed by atoms with van der Waals surface area (Å²) in [6.07, 6.45) is 0.880. The summed E-state index contributed by atoms with van der Waals surface area (Å²) in [5.74, 6) is 0. The molecule has 2 heteroatoms. The highest BCUT2D eigenvalue weighted by Crippen LogP contribution is 2.41.